The maximum absolute atomic E-state index is 12.1. The molecule has 0 fully saturated rings. The predicted molar refractivity (Wildman–Crippen MR) is 128 cm³/mol. The van der Waals surface area contributed by atoms with Crippen molar-refractivity contribution < 1.29 is 9.90 Å². The van der Waals surface area contributed by atoms with Gasteiger partial charge in [-0.25, -0.2) is 4.79 Å². The van der Waals surface area contributed by atoms with E-state index in [9.17, 15) is 9.90 Å². The smallest absolute Gasteiger partial charge is 0.352 e. The van der Waals surface area contributed by atoms with Crippen molar-refractivity contribution in [1.29, 1.82) is 0 Å². The highest BCUT2D eigenvalue weighted by Gasteiger charge is 2.18. The fraction of sp³-hybridized carbons (Fsp3) is 0.0714. The molecule has 1 N–H and O–H groups in total. The second kappa shape index (κ2) is 8.16. The second-order valence-corrected chi connectivity index (χ2v) is 7.95. The molecule has 2 heterocycles. The minimum absolute atomic E-state index is 0.258. The van der Waals surface area contributed by atoms with E-state index in [0.717, 1.165) is 44.4 Å². The molecule has 0 spiro atoms. The van der Waals surface area contributed by atoms with Gasteiger partial charge in [0.2, 0.25) is 0 Å². The van der Waals surface area contributed by atoms with E-state index in [2.05, 4.69) is 47.4 Å². The van der Waals surface area contributed by atoms with E-state index in [-0.39, 0.29) is 5.69 Å². The highest BCUT2D eigenvalue weighted by atomic mass is 16.4. The van der Waals surface area contributed by atoms with Gasteiger partial charge in [0, 0.05) is 23.7 Å². The molecule has 32 heavy (non-hydrogen) atoms. The van der Waals surface area contributed by atoms with Gasteiger partial charge in [0.25, 0.3) is 0 Å². The lowest BCUT2D eigenvalue weighted by atomic mass is 10.0. The third-order valence-corrected chi connectivity index (χ3v) is 5.74. The average molecular weight is 418 g/mol. The summed E-state index contributed by atoms with van der Waals surface area (Å²) in [5.41, 5.74) is 7.37. The summed E-state index contributed by atoms with van der Waals surface area (Å²) in [6.45, 7) is 2.51. The predicted octanol–water partition coefficient (Wildman–Crippen LogP) is 6.43. The van der Waals surface area contributed by atoms with Gasteiger partial charge in [-0.05, 0) is 41.8 Å². The number of hydrogen-bond acceptors (Lipinski definition) is 2. The van der Waals surface area contributed by atoms with E-state index in [1.807, 2.05) is 54.0 Å². The van der Waals surface area contributed by atoms with Crippen LogP contribution in [0.4, 0.5) is 0 Å². The van der Waals surface area contributed by atoms with Crippen molar-refractivity contribution in [3.63, 3.8) is 0 Å². The van der Waals surface area contributed by atoms with E-state index in [1.165, 1.54) is 0 Å². The molecule has 4 heteroatoms. The number of rotatable bonds is 5. The van der Waals surface area contributed by atoms with Gasteiger partial charge >= 0.3 is 5.97 Å². The molecule has 0 radical (unpaired) electrons. The minimum atomic E-state index is -0.947. The van der Waals surface area contributed by atoms with Gasteiger partial charge in [0.05, 0.1) is 11.2 Å². The molecule has 0 saturated carbocycles. The first-order valence-electron chi connectivity index (χ1n) is 10.5. The van der Waals surface area contributed by atoms with E-state index in [0.29, 0.717) is 6.54 Å². The zero-order chi connectivity index (χ0) is 22.1. The first kappa shape index (κ1) is 19.8. The number of aryl methyl sites for hydroxylation is 1. The van der Waals surface area contributed by atoms with Gasteiger partial charge in [-0.15, -0.1) is 0 Å². The van der Waals surface area contributed by atoms with Crippen molar-refractivity contribution in [1.82, 2.24) is 9.55 Å². The Morgan fingerprint density at radius 2 is 1.56 bits per heavy atom. The Morgan fingerprint density at radius 3 is 2.28 bits per heavy atom. The first-order chi connectivity index (χ1) is 15.6. The van der Waals surface area contributed by atoms with Gasteiger partial charge in [-0.3, -0.25) is 4.98 Å². The lowest BCUT2D eigenvalue weighted by Gasteiger charge is -2.10. The molecule has 0 unspecified atom stereocenters. The standard InChI is InChI=1S/C28H22N2O2/c1-19-6-5-9-23(16-19)27-24-17-26(28(31)32)30(25(24)14-15-29-27)18-20-10-12-22(13-11-20)21-7-3-2-4-8-21/h2-17H,18H2,1H3,(H,31,32). The number of hydrogen-bond donors (Lipinski definition) is 1. The van der Waals surface area contributed by atoms with Crippen LogP contribution >= 0.6 is 0 Å². The SMILES string of the molecule is Cc1cccc(-c2nccc3c2cc(C(=O)O)n3Cc2ccc(-c3ccccc3)cc2)c1. The zero-order valence-electron chi connectivity index (χ0n) is 17.7. The van der Waals surface area contributed by atoms with Crippen LogP contribution in [0.1, 0.15) is 21.6 Å². The minimum Gasteiger partial charge on any atom is -0.477 e. The molecule has 3 aromatic carbocycles. The summed E-state index contributed by atoms with van der Waals surface area (Å²) in [5, 5.41) is 10.7. The molecule has 156 valence electrons. The molecule has 0 bridgehead atoms. The highest BCUT2D eigenvalue weighted by molar-refractivity contribution is 6.00. The van der Waals surface area contributed by atoms with Gasteiger partial charge in [-0.1, -0.05) is 78.4 Å². The topological polar surface area (TPSA) is 55.1 Å². The van der Waals surface area contributed by atoms with Crippen LogP contribution in [0.15, 0.2) is 97.2 Å². The molecule has 4 nitrogen and oxygen atoms in total. The number of carboxylic acids is 1. The molecular formula is C28H22N2O2. The lowest BCUT2D eigenvalue weighted by Crippen LogP contribution is -2.09. The number of nitrogens with zero attached hydrogens (tertiary/aromatic N) is 2. The molecular weight excluding hydrogens is 396 g/mol. The number of fused-ring (bicyclic) bond motifs is 1. The van der Waals surface area contributed by atoms with Crippen LogP contribution in [-0.2, 0) is 6.54 Å². The van der Waals surface area contributed by atoms with Crippen molar-refractivity contribution in [3.8, 4) is 22.4 Å². The van der Waals surface area contributed by atoms with Crippen LogP contribution in [0.5, 0.6) is 0 Å². The van der Waals surface area contributed by atoms with Crippen LogP contribution in [0.3, 0.4) is 0 Å². The Morgan fingerprint density at radius 1 is 0.844 bits per heavy atom. The van der Waals surface area contributed by atoms with Gasteiger partial charge in [0.15, 0.2) is 0 Å². The molecule has 0 aliphatic rings. The van der Waals surface area contributed by atoms with Crippen molar-refractivity contribution in [2.75, 3.05) is 0 Å². The number of aromatic carboxylic acids is 1. The maximum atomic E-state index is 12.1. The van der Waals surface area contributed by atoms with Crippen LogP contribution < -0.4 is 0 Å². The van der Waals surface area contributed by atoms with Crippen molar-refractivity contribution in [3.05, 3.63) is 114 Å². The van der Waals surface area contributed by atoms with Crippen LogP contribution in [0.25, 0.3) is 33.3 Å². The lowest BCUT2D eigenvalue weighted by molar-refractivity contribution is 0.0686. The summed E-state index contributed by atoms with van der Waals surface area (Å²) in [4.78, 5) is 16.7. The molecule has 0 atom stereocenters. The third kappa shape index (κ3) is 3.67. The Kier molecular flexibility index (Phi) is 5.04. The van der Waals surface area contributed by atoms with Crippen LogP contribution in [0, 0.1) is 6.92 Å². The number of benzene rings is 3. The highest BCUT2D eigenvalue weighted by Crippen LogP contribution is 2.30. The summed E-state index contributed by atoms with van der Waals surface area (Å²) >= 11 is 0. The summed E-state index contributed by atoms with van der Waals surface area (Å²) in [5.74, 6) is -0.947. The molecule has 2 aromatic heterocycles. The van der Waals surface area contributed by atoms with Crippen molar-refractivity contribution in [2.45, 2.75) is 13.5 Å². The quantitative estimate of drug-likeness (QED) is 0.358. The Labute approximate surface area is 186 Å². The molecule has 5 aromatic rings. The number of carbonyl (C=O) groups is 1. The molecule has 0 saturated heterocycles. The summed E-state index contributed by atoms with van der Waals surface area (Å²) < 4.78 is 1.86. The maximum Gasteiger partial charge on any atom is 0.352 e. The van der Waals surface area contributed by atoms with Gasteiger partial charge in [0.1, 0.15) is 5.69 Å². The molecule has 0 aliphatic heterocycles. The monoisotopic (exact) mass is 418 g/mol. The normalized spacial score (nSPS) is 11.0. The van der Waals surface area contributed by atoms with E-state index in [4.69, 9.17) is 0 Å². The Hall–Kier alpha value is -4.18. The fourth-order valence-corrected chi connectivity index (χ4v) is 4.17. The number of carboxylic acid groups (broad SMARTS) is 1. The summed E-state index contributed by atoms with van der Waals surface area (Å²) in [7, 11) is 0. The second-order valence-electron chi connectivity index (χ2n) is 7.95. The van der Waals surface area contributed by atoms with Crippen molar-refractivity contribution in [2.24, 2.45) is 0 Å². The van der Waals surface area contributed by atoms with Gasteiger partial charge in [-0.2, -0.15) is 0 Å². The molecule has 0 amide bonds. The molecule has 5 rings (SSSR count). The van der Waals surface area contributed by atoms with Crippen molar-refractivity contribution >= 4 is 16.9 Å². The van der Waals surface area contributed by atoms with Crippen LogP contribution in [0.2, 0.25) is 0 Å². The summed E-state index contributed by atoms with van der Waals surface area (Å²) in [6.07, 6.45) is 1.75. The number of aromatic nitrogens is 2. The fourth-order valence-electron chi connectivity index (χ4n) is 4.17. The van der Waals surface area contributed by atoms with E-state index in [1.54, 1.807) is 12.3 Å². The first-order valence-corrected chi connectivity index (χ1v) is 10.5. The van der Waals surface area contributed by atoms with E-state index < -0.39 is 5.97 Å². The Balaban J connectivity index is 1.57. The number of pyridine rings is 1. The largest absolute Gasteiger partial charge is 0.477 e. The molecule has 0 aliphatic carbocycles. The van der Waals surface area contributed by atoms with E-state index >= 15 is 0 Å². The average Bonchev–Trinajstić information content (AvgIpc) is 3.19. The third-order valence-electron chi connectivity index (χ3n) is 5.74. The van der Waals surface area contributed by atoms with Crippen LogP contribution in [-0.4, -0.2) is 20.6 Å². The Bertz CT molecular complexity index is 1420. The zero-order valence-corrected chi connectivity index (χ0v) is 17.7. The summed E-state index contributed by atoms with van der Waals surface area (Å²) in [6, 6.07) is 30.2. The van der Waals surface area contributed by atoms with Gasteiger partial charge < -0.3 is 9.67 Å².